The van der Waals surface area contributed by atoms with Crippen LogP contribution in [-0.4, -0.2) is 4.98 Å². The minimum absolute atomic E-state index is 0.0666. The van der Waals surface area contributed by atoms with Gasteiger partial charge in [-0.25, -0.2) is 6.57 Å². The van der Waals surface area contributed by atoms with Gasteiger partial charge in [0.15, 0.2) is 0 Å². The van der Waals surface area contributed by atoms with Crippen molar-refractivity contribution in [3.8, 4) is 0 Å². The number of pyridine rings is 1. The van der Waals surface area contributed by atoms with Gasteiger partial charge in [-0.05, 0) is 19.1 Å². The zero-order chi connectivity index (χ0) is 8.27. The first-order valence-corrected chi connectivity index (χ1v) is 3.53. The van der Waals surface area contributed by atoms with Crippen molar-refractivity contribution in [1.29, 1.82) is 0 Å². The summed E-state index contributed by atoms with van der Waals surface area (Å²) in [6, 6.07) is 3.81. The summed E-state index contributed by atoms with van der Waals surface area (Å²) in [5.74, 6) is 0. The maximum atomic E-state index is 6.80. The van der Waals surface area contributed by atoms with E-state index in [0.717, 1.165) is 11.3 Å². The highest BCUT2D eigenvalue weighted by atomic mass is 14.7. The van der Waals surface area contributed by atoms with Crippen LogP contribution >= 0.6 is 0 Å². The number of hydrogen-bond acceptors (Lipinski definition) is 1. The second-order valence-electron chi connectivity index (χ2n) is 2.54. The number of aromatic nitrogens is 1. The maximum absolute atomic E-state index is 6.80. The summed E-state index contributed by atoms with van der Waals surface area (Å²) in [5.41, 5.74) is 1.98. The molecule has 0 aliphatic heterocycles. The van der Waals surface area contributed by atoms with E-state index in [1.54, 1.807) is 6.20 Å². The molecule has 1 atom stereocenters. The Morgan fingerprint density at radius 3 is 2.73 bits per heavy atom. The molecule has 11 heavy (non-hydrogen) atoms. The quantitative estimate of drug-likeness (QED) is 0.556. The van der Waals surface area contributed by atoms with Gasteiger partial charge in [0, 0.05) is 18.8 Å². The van der Waals surface area contributed by atoms with Crippen molar-refractivity contribution < 1.29 is 0 Å². The second kappa shape index (κ2) is 3.16. The molecule has 0 saturated carbocycles. The Morgan fingerprint density at radius 2 is 2.27 bits per heavy atom. The molecule has 1 aromatic heterocycles. The molecule has 56 valence electrons. The molecule has 0 bridgehead atoms. The highest BCUT2D eigenvalue weighted by molar-refractivity contribution is 5.18. The molecule has 0 radical (unpaired) electrons. The fourth-order valence-corrected chi connectivity index (χ4v) is 0.801. The molecular formula is C9H10N2. The van der Waals surface area contributed by atoms with E-state index in [1.165, 1.54) is 0 Å². The largest absolute Gasteiger partial charge is 0.309 e. The van der Waals surface area contributed by atoms with Crippen LogP contribution in [0.5, 0.6) is 0 Å². The summed E-state index contributed by atoms with van der Waals surface area (Å²) in [6.45, 7) is 10.6. The van der Waals surface area contributed by atoms with Crippen LogP contribution in [0, 0.1) is 13.5 Å². The molecule has 1 rings (SSSR count). The molecule has 0 N–H and O–H groups in total. The summed E-state index contributed by atoms with van der Waals surface area (Å²) in [6.07, 6.45) is 1.76. The van der Waals surface area contributed by atoms with Gasteiger partial charge in [-0.2, -0.15) is 0 Å². The van der Waals surface area contributed by atoms with Crippen LogP contribution in [0.3, 0.4) is 0 Å². The molecule has 2 heteroatoms. The molecule has 0 aliphatic rings. The third kappa shape index (κ3) is 1.78. The molecule has 0 amide bonds. The average molecular weight is 146 g/mol. The monoisotopic (exact) mass is 146 g/mol. The van der Waals surface area contributed by atoms with E-state index in [0.29, 0.717) is 0 Å². The number of nitrogens with zero attached hydrogens (tertiary/aromatic N) is 2. The summed E-state index contributed by atoms with van der Waals surface area (Å²) < 4.78 is 0. The number of aryl methyl sites for hydroxylation is 1. The number of hydrogen-bond donors (Lipinski definition) is 0. The van der Waals surface area contributed by atoms with Gasteiger partial charge >= 0.3 is 0 Å². The lowest BCUT2D eigenvalue weighted by Crippen LogP contribution is -1.88. The Kier molecular flexibility index (Phi) is 2.22. The molecule has 0 spiro atoms. The Bertz CT molecular complexity index is 269. The Labute approximate surface area is 66.7 Å². The SMILES string of the molecule is [C-]#[N+]C(C)c1ccc(C)nc1. The van der Waals surface area contributed by atoms with E-state index in [2.05, 4.69) is 9.83 Å². The first-order valence-electron chi connectivity index (χ1n) is 3.53. The molecule has 0 aliphatic carbocycles. The van der Waals surface area contributed by atoms with Crippen LogP contribution in [-0.2, 0) is 0 Å². The fraction of sp³-hybridized carbons (Fsp3) is 0.333. The average Bonchev–Trinajstić information content (AvgIpc) is 2.05. The molecule has 0 aromatic carbocycles. The van der Waals surface area contributed by atoms with Crippen LogP contribution in [0.15, 0.2) is 18.3 Å². The highest BCUT2D eigenvalue weighted by Crippen LogP contribution is 2.14. The summed E-state index contributed by atoms with van der Waals surface area (Å²) in [4.78, 5) is 7.50. The predicted octanol–water partition coefficient (Wildman–Crippen LogP) is 2.37. The van der Waals surface area contributed by atoms with Gasteiger partial charge in [0.25, 0.3) is 0 Å². The summed E-state index contributed by atoms with van der Waals surface area (Å²) in [7, 11) is 0. The van der Waals surface area contributed by atoms with Gasteiger partial charge in [0.05, 0.1) is 5.56 Å². The normalized spacial score (nSPS) is 12.1. The summed E-state index contributed by atoms with van der Waals surface area (Å²) in [5, 5.41) is 0. The van der Waals surface area contributed by atoms with E-state index in [9.17, 15) is 0 Å². The minimum atomic E-state index is -0.0666. The van der Waals surface area contributed by atoms with Crippen molar-refractivity contribution in [2.45, 2.75) is 19.9 Å². The Balaban J connectivity index is 2.92. The van der Waals surface area contributed by atoms with Crippen molar-refractivity contribution in [2.75, 3.05) is 0 Å². The lowest BCUT2D eigenvalue weighted by atomic mass is 10.1. The smallest absolute Gasteiger partial charge is 0.247 e. The molecule has 0 saturated heterocycles. The van der Waals surface area contributed by atoms with E-state index in [1.807, 2.05) is 26.0 Å². The van der Waals surface area contributed by atoms with Crippen LogP contribution in [0.25, 0.3) is 4.85 Å². The van der Waals surface area contributed by atoms with Gasteiger partial charge < -0.3 is 4.85 Å². The van der Waals surface area contributed by atoms with E-state index in [-0.39, 0.29) is 6.04 Å². The van der Waals surface area contributed by atoms with Gasteiger partial charge in [0.2, 0.25) is 6.04 Å². The predicted molar refractivity (Wildman–Crippen MR) is 44.0 cm³/mol. The van der Waals surface area contributed by atoms with E-state index < -0.39 is 0 Å². The molecule has 1 heterocycles. The van der Waals surface area contributed by atoms with Crippen LogP contribution in [0.4, 0.5) is 0 Å². The third-order valence-corrected chi connectivity index (χ3v) is 1.61. The number of rotatable bonds is 1. The minimum Gasteiger partial charge on any atom is -0.309 e. The van der Waals surface area contributed by atoms with Gasteiger partial charge in [-0.1, -0.05) is 0 Å². The van der Waals surface area contributed by atoms with Crippen molar-refractivity contribution in [1.82, 2.24) is 4.98 Å². The van der Waals surface area contributed by atoms with Crippen molar-refractivity contribution in [2.24, 2.45) is 0 Å². The van der Waals surface area contributed by atoms with E-state index in [4.69, 9.17) is 6.57 Å². The second-order valence-corrected chi connectivity index (χ2v) is 2.54. The standard InChI is InChI=1S/C9H10N2/c1-7-4-5-9(6-11-7)8(2)10-3/h4-6,8H,1-2H3. The van der Waals surface area contributed by atoms with Gasteiger partial charge in [0.1, 0.15) is 0 Å². The van der Waals surface area contributed by atoms with Crippen molar-refractivity contribution in [3.05, 3.63) is 41.0 Å². The first kappa shape index (κ1) is 7.74. The Hall–Kier alpha value is -1.36. The molecule has 1 aromatic rings. The summed E-state index contributed by atoms with van der Waals surface area (Å²) >= 11 is 0. The lowest BCUT2D eigenvalue weighted by Gasteiger charge is -1.97. The van der Waals surface area contributed by atoms with Gasteiger partial charge in [-0.3, -0.25) is 4.98 Å². The van der Waals surface area contributed by atoms with Gasteiger partial charge in [-0.15, -0.1) is 0 Å². The van der Waals surface area contributed by atoms with Crippen LogP contribution in [0.2, 0.25) is 0 Å². The first-order chi connectivity index (χ1) is 5.24. The molecule has 0 fully saturated rings. The zero-order valence-electron chi connectivity index (χ0n) is 6.70. The molecule has 2 nitrogen and oxygen atoms in total. The van der Waals surface area contributed by atoms with Crippen LogP contribution in [0.1, 0.15) is 24.2 Å². The Morgan fingerprint density at radius 1 is 1.55 bits per heavy atom. The van der Waals surface area contributed by atoms with Crippen molar-refractivity contribution in [3.63, 3.8) is 0 Å². The third-order valence-electron chi connectivity index (χ3n) is 1.61. The maximum Gasteiger partial charge on any atom is 0.247 e. The van der Waals surface area contributed by atoms with Crippen LogP contribution < -0.4 is 0 Å². The van der Waals surface area contributed by atoms with E-state index >= 15 is 0 Å². The highest BCUT2D eigenvalue weighted by Gasteiger charge is 2.06. The molecule has 1 unspecified atom stereocenters. The molecular weight excluding hydrogens is 136 g/mol. The topological polar surface area (TPSA) is 17.2 Å². The lowest BCUT2D eigenvalue weighted by molar-refractivity contribution is 0.941. The fourth-order valence-electron chi connectivity index (χ4n) is 0.801. The van der Waals surface area contributed by atoms with Crippen molar-refractivity contribution >= 4 is 0 Å². The zero-order valence-corrected chi connectivity index (χ0v) is 6.70.